The highest BCUT2D eigenvalue weighted by Gasteiger charge is 2.15. The van der Waals surface area contributed by atoms with Gasteiger partial charge in [0.05, 0.1) is 25.6 Å². The molecule has 6 nitrogen and oxygen atoms in total. The molecule has 0 fully saturated rings. The molecule has 0 spiro atoms. The number of thioether (sulfide) groups is 1. The first kappa shape index (κ1) is 18.0. The number of hydrogen-bond acceptors (Lipinski definition) is 5. The van der Waals surface area contributed by atoms with Gasteiger partial charge in [-0.05, 0) is 13.8 Å². The van der Waals surface area contributed by atoms with Gasteiger partial charge in [0.25, 0.3) is 0 Å². The average Bonchev–Trinajstić information content (AvgIpc) is 2.84. The Bertz CT molecular complexity index is 444. The van der Waals surface area contributed by atoms with Crippen molar-refractivity contribution in [2.75, 3.05) is 25.4 Å². The number of hydrogen-bond donors (Lipinski definition) is 1. The Morgan fingerprint density at radius 2 is 2.00 bits per heavy atom. The lowest BCUT2D eigenvalue weighted by molar-refractivity contribution is -0.896. The van der Waals surface area contributed by atoms with E-state index in [1.54, 1.807) is 4.90 Å². The van der Waals surface area contributed by atoms with E-state index in [1.165, 1.54) is 11.8 Å². The summed E-state index contributed by atoms with van der Waals surface area (Å²) in [6.45, 7) is 12.7. The molecular formula is C14H26N4O2S. The zero-order valence-electron chi connectivity index (χ0n) is 13.4. The van der Waals surface area contributed by atoms with E-state index >= 15 is 0 Å². The van der Waals surface area contributed by atoms with Crippen molar-refractivity contribution in [3.05, 3.63) is 5.82 Å². The fraction of sp³-hybridized carbons (Fsp3) is 0.786. The van der Waals surface area contributed by atoms with Crippen LogP contribution >= 0.6 is 11.8 Å². The molecule has 0 radical (unpaired) electrons. The molecule has 0 bridgehead atoms. The topological polar surface area (TPSA) is 75.3 Å². The van der Waals surface area contributed by atoms with Crippen LogP contribution in [0, 0.1) is 0 Å². The van der Waals surface area contributed by atoms with Crippen molar-refractivity contribution in [1.82, 2.24) is 14.8 Å². The van der Waals surface area contributed by atoms with Gasteiger partial charge in [0.2, 0.25) is 0 Å². The number of aromatic nitrogens is 3. The molecular weight excluding hydrogens is 288 g/mol. The maximum atomic E-state index is 10.6. The number of carbonyl (C=O) groups is 1. The SMILES string of the molecule is CC[NH+](CC)CCCn1c(SCC(=O)[O-])nnc1C(C)C. The lowest BCUT2D eigenvalue weighted by Gasteiger charge is -2.17. The summed E-state index contributed by atoms with van der Waals surface area (Å²) in [6, 6.07) is 0. The number of carboxylic acids is 1. The van der Waals surface area contributed by atoms with Gasteiger partial charge in [-0.2, -0.15) is 0 Å². The first-order chi connectivity index (χ1) is 9.99. The molecule has 1 aromatic heterocycles. The Morgan fingerprint density at radius 3 is 2.52 bits per heavy atom. The molecule has 1 aromatic rings. The van der Waals surface area contributed by atoms with Crippen LogP contribution in [0.2, 0.25) is 0 Å². The zero-order valence-corrected chi connectivity index (χ0v) is 14.2. The standard InChI is InChI=1S/C14H26N4O2S/c1-5-17(6-2)8-7-9-18-13(11(3)4)15-16-14(18)21-10-12(19)20/h11H,5-10H2,1-4H3,(H,19,20). The quantitative estimate of drug-likeness (QED) is 0.593. The molecule has 0 aliphatic heterocycles. The lowest BCUT2D eigenvalue weighted by Crippen LogP contribution is -3.11. The summed E-state index contributed by atoms with van der Waals surface area (Å²) < 4.78 is 2.06. The third kappa shape index (κ3) is 5.67. The van der Waals surface area contributed by atoms with Crippen LogP contribution in [0.1, 0.15) is 45.9 Å². The number of rotatable bonds is 10. The van der Waals surface area contributed by atoms with Crippen LogP contribution in [-0.4, -0.2) is 46.1 Å². The fourth-order valence-electron chi connectivity index (χ4n) is 2.26. The Morgan fingerprint density at radius 1 is 1.33 bits per heavy atom. The molecule has 1 rings (SSSR count). The van der Waals surface area contributed by atoms with Crippen LogP contribution < -0.4 is 10.0 Å². The van der Waals surface area contributed by atoms with Gasteiger partial charge in [-0.15, -0.1) is 10.2 Å². The Balaban J connectivity index is 2.71. The normalized spacial score (nSPS) is 11.5. The Hall–Kier alpha value is -1.08. The number of carbonyl (C=O) groups excluding carboxylic acids is 1. The summed E-state index contributed by atoms with van der Waals surface area (Å²) in [5, 5.41) is 19.6. The summed E-state index contributed by atoms with van der Waals surface area (Å²) in [5.74, 6) is 0.0339. The number of nitrogens with zero attached hydrogens (tertiary/aromatic N) is 3. The molecule has 21 heavy (non-hydrogen) atoms. The van der Waals surface area contributed by atoms with Crippen LogP contribution in [-0.2, 0) is 11.3 Å². The summed E-state index contributed by atoms with van der Waals surface area (Å²) in [4.78, 5) is 12.2. The summed E-state index contributed by atoms with van der Waals surface area (Å²) in [6.07, 6.45) is 1.04. The van der Waals surface area contributed by atoms with E-state index < -0.39 is 5.97 Å². The largest absolute Gasteiger partial charge is 0.549 e. The molecule has 0 unspecified atom stereocenters. The van der Waals surface area contributed by atoms with E-state index in [1.807, 2.05) is 0 Å². The third-order valence-corrected chi connectivity index (χ3v) is 4.43. The lowest BCUT2D eigenvalue weighted by atomic mass is 10.2. The molecule has 0 aliphatic carbocycles. The minimum atomic E-state index is -1.08. The van der Waals surface area contributed by atoms with E-state index in [4.69, 9.17) is 0 Å². The summed E-state index contributed by atoms with van der Waals surface area (Å²) >= 11 is 1.18. The minimum Gasteiger partial charge on any atom is -0.549 e. The van der Waals surface area contributed by atoms with Gasteiger partial charge < -0.3 is 19.4 Å². The van der Waals surface area contributed by atoms with E-state index in [0.717, 1.165) is 38.4 Å². The minimum absolute atomic E-state index is 0.0858. The number of aliphatic carboxylic acids is 1. The second kappa shape index (κ2) is 9.04. The zero-order chi connectivity index (χ0) is 15.8. The number of quaternary nitrogens is 1. The van der Waals surface area contributed by atoms with Crippen molar-refractivity contribution in [3.63, 3.8) is 0 Å². The monoisotopic (exact) mass is 314 g/mol. The highest BCUT2D eigenvalue weighted by atomic mass is 32.2. The first-order valence-electron chi connectivity index (χ1n) is 7.58. The molecule has 0 atom stereocenters. The maximum absolute atomic E-state index is 10.6. The van der Waals surface area contributed by atoms with Crippen molar-refractivity contribution in [1.29, 1.82) is 0 Å². The van der Waals surface area contributed by atoms with E-state index in [-0.39, 0.29) is 11.7 Å². The predicted molar refractivity (Wildman–Crippen MR) is 81.4 cm³/mol. The van der Waals surface area contributed by atoms with Crippen molar-refractivity contribution >= 4 is 17.7 Å². The van der Waals surface area contributed by atoms with E-state index in [9.17, 15) is 9.90 Å². The van der Waals surface area contributed by atoms with E-state index in [2.05, 4.69) is 42.5 Å². The third-order valence-electron chi connectivity index (χ3n) is 3.49. The summed E-state index contributed by atoms with van der Waals surface area (Å²) in [5.41, 5.74) is 0. The van der Waals surface area contributed by atoms with Gasteiger partial charge >= 0.3 is 0 Å². The summed E-state index contributed by atoms with van der Waals surface area (Å²) in [7, 11) is 0. The second-order valence-corrected chi connectivity index (χ2v) is 6.31. The van der Waals surface area contributed by atoms with Gasteiger partial charge in [0.15, 0.2) is 5.16 Å². The second-order valence-electron chi connectivity index (χ2n) is 5.37. The Labute approximate surface area is 130 Å². The van der Waals surface area contributed by atoms with Gasteiger partial charge in [-0.3, -0.25) is 0 Å². The number of nitrogens with one attached hydrogen (secondary N) is 1. The molecule has 1 N–H and O–H groups in total. The van der Waals surface area contributed by atoms with Crippen molar-refractivity contribution in [2.24, 2.45) is 0 Å². The molecule has 120 valence electrons. The van der Waals surface area contributed by atoms with Crippen molar-refractivity contribution < 1.29 is 14.8 Å². The number of carboxylic acid groups (broad SMARTS) is 1. The predicted octanol–water partition coefficient (Wildman–Crippen LogP) is -0.442. The van der Waals surface area contributed by atoms with Crippen LogP contribution in [0.25, 0.3) is 0 Å². The van der Waals surface area contributed by atoms with Gasteiger partial charge in [-0.25, -0.2) is 0 Å². The molecule has 7 heteroatoms. The molecule has 0 aliphatic rings. The van der Waals surface area contributed by atoms with Crippen LogP contribution in [0.5, 0.6) is 0 Å². The van der Waals surface area contributed by atoms with Crippen LogP contribution in [0.4, 0.5) is 0 Å². The molecule has 0 amide bonds. The molecule has 1 heterocycles. The average molecular weight is 314 g/mol. The maximum Gasteiger partial charge on any atom is 0.191 e. The first-order valence-corrected chi connectivity index (χ1v) is 8.57. The fourth-order valence-corrected chi connectivity index (χ4v) is 2.94. The molecule has 0 aromatic carbocycles. The molecule has 0 saturated carbocycles. The van der Waals surface area contributed by atoms with Gasteiger partial charge in [0.1, 0.15) is 5.82 Å². The van der Waals surface area contributed by atoms with Crippen molar-refractivity contribution in [3.8, 4) is 0 Å². The van der Waals surface area contributed by atoms with Gasteiger partial charge in [0, 0.05) is 24.6 Å². The van der Waals surface area contributed by atoms with Crippen molar-refractivity contribution in [2.45, 2.75) is 51.7 Å². The highest BCUT2D eigenvalue weighted by molar-refractivity contribution is 7.99. The van der Waals surface area contributed by atoms with E-state index in [0.29, 0.717) is 5.16 Å². The highest BCUT2D eigenvalue weighted by Crippen LogP contribution is 2.21. The van der Waals surface area contributed by atoms with Gasteiger partial charge in [-0.1, -0.05) is 25.6 Å². The smallest absolute Gasteiger partial charge is 0.191 e. The van der Waals surface area contributed by atoms with Crippen LogP contribution in [0.15, 0.2) is 5.16 Å². The molecule has 0 saturated heterocycles. The van der Waals surface area contributed by atoms with Crippen LogP contribution in [0.3, 0.4) is 0 Å². The Kier molecular flexibility index (Phi) is 7.74.